The van der Waals surface area contributed by atoms with Gasteiger partial charge >= 0.3 is 5.97 Å². The molecule has 0 heterocycles. The summed E-state index contributed by atoms with van der Waals surface area (Å²) in [4.78, 5) is 15.9. The van der Waals surface area contributed by atoms with E-state index in [4.69, 9.17) is 14.7 Å². The van der Waals surface area contributed by atoms with Gasteiger partial charge in [0.1, 0.15) is 5.75 Å². The van der Waals surface area contributed by atoms with Crippen LogP contribution in [0, 0.1) is 0 Å². The molecule has 26 heavy (non-hydrogen) atoms. The van der Waals surface area contributed by atoms with Crippen molar-refractivity contribution in [1.29, 1.82) is 0 Å². The first kappa shape index (κ1) is 24.4. The van der Waals surface area contributed by atoms with Crippen LogP contribution in [0.4, 0.5) is 0 Å². The standard InChI is InChI=1S/C19H30O5.C2H6/c1-2-3-4-5-7-14-22-18-12-10-17(11-13-18)19(20)23-15-8-6-9-16-24-21;1-2/h10-13,21H,2-9,14-16H2,1H3;1-2H3. The van der Waals surface area contributed by atoms with Crippen LogP contribution in [-0.4, -0.2) is 31.0 Å². The molecule has 0 saturated carbocycles. The zero-order chi connectivity index (χ0) is 19.5. The van der Waals surface area contributed by atoms with Crippen LogP contribution >= 0.6 is 0 Å². The van der Waals surface area contributed by atoms with Gasteiger partial charge in [-0.3, -0.25) is 5.26 Å². The fraction of sp³-hybridized carbons (Fsp3) is 0.667. The van der Waals surface area contributed by atoms with Crippen molar-refractivity contribution in [3.63, 3.8) is 0 Å². The molecule has 1 aromatic rings. The highest BCUT2D eigenvalue weighted by molar-refractivity contribution is 5.89. The van der Waals surface area contributed by atoms with Crippen molar-refractivity contribution in [1.82, 2.24) is 0 Å². The van der Waals surface area contributed by atoms with Crippen LogP contribution in [0.2, 0.25) is 0 Å². The first-order valence-corrected chi connectivity index (χ1v) is 9.94. The molecular formula is C21H36O5. The molecule has 0 saturated heterocycles. The summed E-state index contributed by atoms with van der Waals surface area (Å²) in [5.41, 5.74) is 0.531. The van der Waals surface area contributed by atoms with Gasteiger partial charge in [0.25, 0.3) is 0 Å². The molecule has 5 nitrogen and oxygen atoms in total. The van der Waals surface area contributed by atoms with Gasteiger partial charge < -0.3 is 9.47 Å². The lowest BCUT2D eigenvalue weighted by molar-refractivity contribution is -0.242. The third-order valence-electron chi connectivity index (χ3n) is 3.72. The summed E-state index contributed by atoms with van der Waals surface area (Å²) in [7, 11) is 0. The van der Waals surface area contributed by atoms with Crippen LogP contribution in [0.5, 0.6) is 5.75 Å². The summed E-state index contributed by atoms with van der Waals surface area (Å²) in [6.07, 6.45) is 8.40. The normalized spacial score (nSPS) is 10.0. The van der Waals surface area contributed by atoms with E-state index in [0.717, 1.165) is 31.4 Å². The summed E-state index contributed by atoms with van der Waals surface area (Å²) in [6, 6.07) is 7.07. The van der Waals surface area contributed by atoms with Gasteiger partial charge in [-0.2, -0.15) is 0 Å². The predicted molar refractivity (Wildman–Crippen MR) is 105 cm³/mol. The van der Waals surface area contributed by atoms with E-state index < -0.39 is 0 Å². The molecule has 1 N–H and O–H groups in total. The van der Waals surface area contributed by atoms with Crippen LogP contribution in [0.3, 0.4) is 0 Å². The third kappa shape index (κ3) is 12.7. The molecule has 5 heteroatoms. The van der Waals surface area contributed by atoms with Gasteiger partial charge in [0, 0.05) is 0 Å². The predicted octanol–water partition coefficient (Wildman–Crippen LogP) is 5.88. The SMILES string of the molecule is CC.CCCCCCCOc1ccc(C(=O)OCCCCCOO)cc1. The molecular weight excluding hydrogens is 332 g/mol. The lowest BCUT2D eigenvalue weighted by atomic mass is 10.2. The average molecular weight is 369 g/mol. The van der Waals surface area contributed by atoms with Gasteiger partial charge in [-0.15, -0.1) is 0 Å². The first-order valence-electron chi connectivity index (χ1n) is 9.94. The topological polar surface area (TPSA) is 65.0 Å². The highest BCUT2D eigenvalue weighted by Crippen LogP contribution is 2.14. The molecule has 1 aromatic carbocycles. The zero-order valence-corrected chi connectivity index (χ0v) is 16.7. The molecule has 0 spiro atoms. The fourth-order valence-corrected chi connectivity index (χ4v) is 2.28. The van der Waals surface area contributed by atoms with Crippen molar-refractivity contribution in [2.24, 2.45) is 0 Å². The van der Waals surface area contributed by atoms with Crippen LogP contribution in [0.25, 0.3) is 0 Å². The Labute approximate surface area is 158 Å². The summed E-state index contributed by atoms with van der Waals surface area (Å²) < 4.78 is 10.9. The molecule has 0 aliphatic heterocycles. The van der Waals surface area contributed by atoms with Gasteiger partial charge in [0.05, 0.1) is 25.4 Å². The zero-order valence-electron chi connectivity index (χ0n) is 16.7. The summed E-state index contributed by atoms with van der Waals surface area (Å²) in [5.74, 6) is 0.463. The molecule has 0 radical (unpaired) electrons. The van der Waals surface area contributed by atoms with Crippen molar-refractivity contribution in [2.75, 3.05) is 19.8 Å². The van der Waals surface area contributed by atoms with Crippen LogP contribution in [0.1, 0.15) is 82.5 Å². The summed E-state index contributed by atoms with van der Waals surface area (Å²) in [6.45, 7) is 7.61. The Morgan fingerprint density at radius 3 is 2.08 bits per heavy atom. The van der Waals surface area contributed by atoms with Crippen LogP contribution in [-0.2, 0) is 9.62 Å². The lowest BCUT2D eigenvalue weighted by Crippen LogP contribution is -2.07. The van der Waals surface area contributed by atoms with Crippen molar-refractivity contribution in [3.05, 3.63) is 29.8 Å². The first-order chi connectivity index (χ1) is 12.8. The quantitative estimate of drug-likeness (QED) is 0.192. The fourth-order valence-electron chi connectivity index (χ4n) is 2.28. The highest BCUT2D eigenvalue weighted by Gasteiger charge is 2.07. The van der Waals surface area contributed by atoms with E-state index in [1.807, 2.05) is 13.8 Å². The van der Waals surface area contributed by atoms with Gasteiger partial charge in [-0.05, 0) is 49.9 Å². The van der Waals surface area contributed by atoms with Crippen molar-refractivity contribution < 1.29 is 24.4 Å². The van der Waals surface area contributed by atoms with Gasteiger partial charge in [0.15, 0.2) is 0 Å². The minimum atomic E-state index is -0.320. The van der Waals surface area contributed by atoms with Crippen molar-refractivity contribution in [2.45, 2.75) is 72.1 Å². The Bertz CT molecular complexity index is 431. The van der Waals surface area contributed by atoms with Gasteiger partial charge in [-0.25, -0.2) is 9.68 Å². The number of hydrogen-bond acceptors (Lipinski definition) is 5. The molecule has 0 aliphatic carbocycles. The second kappa shape index (κ2) is 18.2. The van der Waals surface area contributed by atoms with E-state index in [2.05, 4.69) is 11.8 Å². The number of carbonyl (C=O) groups excluding carboxylic acids is 1. The Balaban J connectivity index is 0.00000301. The van der Waals surface area contributed by atoms with Crippen LogP contribution < -0.4 is 4.74 Å². The molecule has 150 valence electrons. The maximum atomic E-state index is 11.9. The smallest absolute Gasteiger partial charge is 0.338 e. The van der Waals surface area contributed by atoms with E-state index >= 15 is 0 Å². The monoisotopic (exact) mass is 368 g/mol. The number of esters is 1. The number of rotatable bonds is 14. The molecule has 1 rings (SSSR count). The third-order valence-corrected chi connectivity index (χ3v) is 3.72. The number of hydrogen-bond donors (Lipinski definition) is 1. The van der Waals surface area contributed by atoms with E-state index in [9.17, 15) is 4.79 Å². The molecule has 0 unspecified atom stereocenters. The molecule has 0 amide bonds. The molecule has 0 bridgehead atoms. The number of carbonyl (C=O) groups is 1. The Morgan fingerprint density at radius 2 is 1.42 bits per heavy atom. The molecule has 0 fully saturated rings. The molecule has 0 aliphatic rings. The van der Waals surface area contributed by atoms with E-state index in [1.54, 1.807) is 24.3 Å². The minimum absolute atomic E-state index is 0.314. The Kier molecular flexibility index (Phi) is 17.1. The van der Waals surface area contributed by atoms with Crippen molar-refractivity contribution in [3.8, 4) is 5.75 Å². The van der Waals surface area contributed by atoms with Crippen LogP contribution in [0.15, 0.2) is 24.3 Å². The van der Waals surface area contributed by atoms with Gasteiger partial charge in [0.2, 0.25) is 0 Å². The van der Waals surface area contributed by atoms with E-state index in [0.29, 0.717) is 25.4 Å². The summed E-state index contributed by atoms with van der Waals surface area (Å²) in [5, 5.41) is 8.19. The van der Waals surface area contributed by atoms with E-state index in [-0.39, 0.29) is 5.97 Å². The van der Waals surface area contributed by atoms with Crippen molar-refractivity contribution >= 4 is 5.97 Å². The number of benzene rings is 1. The molecule has 0 atom stereocenters. The minimum Gasteiger partial charge on any atom is -0.494 e. The highest BCUT2D eigenvalue weighted by atomic mass is 17.1. The maximum absolute atomic E-state index is 11.9. The molecule has 0 aromatic heterocycles. The van der Waals surface area contributed by atoms with E-state index in [1.165, 1.54) is 25.7 Å². The lowest BCUT2D eigenvalue weighted by Gasteiger charge is -2.08. The second-order valence-corrected chi connectivity index (χ2v) is 5.82. The summed E-state index contributed by atoms with van der Waals surface area (Å²) >= 11 is 0. The maximum Gasteiger partial charge on any atom is 0.338 e. The number of ether oxygens (including phenoxy) is 2. The van der Waals surface area contributed by atoms with Gasteiger partial charge in [-0.1, -0.05) is 46.5 Å². The second-order valence-electron chi connectivity index (χ2n) is 5.82. The largest absolute Gasteiger partial charge is 0.494 e. The number of unbranched alkanes of at least 4 members (excludes halogenated alkanes) is 6. The average Bonchev–Trinajstić information content (AvgIpc) is 2.69. The Morgan fingerprint density at radius 1 is 0.846 bits per heavy atom. The Hall–Kier alpha value is -1.59.